The van der Waals surface area contributed by atoms with Crippen LogP contribution in [0, 0.1) is 10.1 Å². The first-order valence-corrected chi connectivity index (χ1v) is 9.60. The Morgan fingerprint density at radius 3 is 2.38 bits per heavy atom. The van der Waals surface area contributed by atoms with E-state index in [1.807, 2.05) is 0 Å². The molecule has 4 rings (SSSR count). The summed E-state index contributed by atoms with van der Waals surface area (Å²) < 4.78 is 10.4. The van der Waals surface area contributed by atoms with Crippen molar-refractivity contribution in [3.63, 3.8) is 0 Å². The SMILES string of the molecule is COc1ccc(/C(O)=C2\C(=O)C(=O)N(Cc3ccco3)[C@H]2c2ccc([N+](=O)[O-])cc2)cc1. The lowest BCUT2D eigenvalue weighted by Gasteiger charge is -2.24. The lowest BCUT2D eigenvalue weighted by Crippen LogP contribution is -2.29. The van der Waals surface area contributed by atoms with Gasteiger partial charge in [-0.25, -0.2) is 0 Å². The van der Waals surface area contributed by atoms with Crippen molar-refractivity contribution >= 4 is 23.1 Å². The molecule has 3 aromatic rings. The van der Waals surface area contributed by atoms with E-state index < -0.39 is 22.7 Å². The van der Waals surface area contributed by atoms with Crippen molar-refractivity contribution in [1.29, 1.82) is 0 Å². The number of hydrogen-bond donors (Lipinski definition) is 1. The number of ether oxygens (including phenoxy) is 1. The third kappa shape index (κ3) is 3.71. The van der Waals surface area contributed by atoms with E-state index in [9.17, 15) is 24.8 Å². The number of Topliss-reactive ketones (excluding diaryl/α,β-unsaturated/α-hetero) is 1. The first kappa shape index (κ1) is 20.9. The lowest BCUT2D eigenvalue weighted by molar-refractivity contribution is -0.384. The van der Waals surface area contributed by atoms with Gasteiger partial charge >= 0.3 is 0 Å². The van der Waals surface area contributed by atoms with Crippen LogP contribution in [0.3, 0.4) is 0 Å². The summed E-state index contributed by atoms with van der Waals surface area (Å²) in [5.41, 5.74) is 0.526. The first-order valence-electron chi connectivity index (χ1n) is 9.60. The van der Waals surface area contributed by atoms with Crippen molar-refractivity contribution in [2.75, 3.05) is 7.11 Å². The monoisotopic (exact) mass is 434 g/mol. The second-order valence-corrected chi connectivity index (χ2v) is 7.08. The molecule has 2 heterocycles. The fourth-order valence-corrected chi connectivity index (χ4v) is 3.64. The molecule has 162 valence electrons. The number of hydrogen-bond acceptors (Lipinski definition) is 7. The molecule has 2 aromatic carbocycles. The van der Waals surface area contributed by atoms with Gasteiger partial charge in [-0.15, -0.1) is 0 Å². The molecule has 0 bridgehead atoms. The van der Waals surface area contributed by atoms with E-state index in [0.29, 0.717) is 22.6 Å². The highest BCUT2D eigenvalue weighted by Gasteiger charge is 2.46. The molecule has 1 atom stereocenters. The van der Waals surface area contributed by atoms with Gasteiger partial charge in [-0.3, -0.25) is 19.7 Å². The fraction of sp³-hybridized carbons (Fsp3) is 0.130. The van der Waals surface area contributed by atoms with Crippen LogP contribution in [0.1, 0.15) is 22.9 Å². The second-order valence-electron chi connectivity index (χ2n) is 7.08. The van der Waals surface area contributed by atoms with E-state index in [2.05, 4.69) is 0 Å². The van der Waals surface area contributed by atoms with Crippen molar-refractivity contribution in [1.82, 2.24) is 4.90 Å². The number of methoxy groups -OCH3 is 1. The molecule has 1 saturated heterocycles. The molecular weight excluding hydrogens is 416 g/mol. The van der Waals surface area contributed by atoms with Crippen molar-refractivity contribution < 1.29 is 28.8 Å². The van der Waals surface area contributed by atoms with E-state index >= 15 is 0 Å². The van der Waals surface area contributed by atoms with Crippen LogP contribution >= 0.6 is 0 Å². The average molecular weight is 434 g/mol. The Hall–Kier alpha value is -4.40. The smallest absolute Gasteiger partial charge is 0.296 e. The Balaban J connectivity index is 1.84. The van der Waals surface area contributed by atoms with Crippen LogP contribution in [-0.4, -0.2) is 33.7 Å². The zero-order valence-electron chi connectivity index (χ0n) is 16.9. The summed E-state index contributed by atoms with van der Waals surface area (Å²) in [6, 6.07) is 14.2. The van der Waals surface area contributed by atoms with Gasteiger partial charge in [0, 0.05) is 17.7 Å². The molecule has 1 aliphatic heterocycles. The Kier molecular flexibility index (Phi) is 5.46. The summed E-state index contributed by atoms with van der Waals surface area (Å²) in [5, 5.41) is 22.0. The predicted molar refractivity (Wildman–Crippen MR) is 113 cm³/mol. The zero-order chi connectivity index (χ0) is 22.8. The summed E-state index contributed by atoms with van der Waals surface area (Å²) in [6.07, 6.45) is 1.45. The van der Waals surface area contributed by atoms with Crippen LogP contribution in [0.5, 0.6) is 5.75 Å². The van der Waals surface area contributed by atoms with Crippen molar-refractivity contribution in [3.05, 3.63) is 99.5 Å². The highest BCUT2D eigenvalue weighted by molar-refractivity contribution is 6.46. The predicted octanol–water partition coefficient (Wildman–Crippen LogP) is 3.82. The first-order chi connectivity index (χ1) is 15.4. The minimum Gasteiger partial charge on any atom is -0.507 e. The zero-order valence-corrected chi connectivity index (χ0v) is 16.9. The number of furan rings is 1. The van der Waals surface area contributed by atoms with E-state index in [-0.39, 0.29) is 23.6 Å². The number of rotatable bonds is 6. The number of nitro groups is 1. The number of aliphatic hydroxyl groups excluding tert-OH is 1. The molecule has 0 spiro atoms. The molecule has 9 nitrogen and oxygen atoms in total. The van der Waals surface area contributed by atoms with Crippen LogP contribution in [0.4, 0.5) is 5.69 Å². The van der Waals surface area contributed by atoms with Gasteiger partial charge in [0.15, 0.2) is 0 Å². The van der Waals surface area contributed by atoms with Gasteiger partial charge in [-0.1, -0.05) is 0 Å². The molecule has 0 saturated carbocycles. The average Bonchev–Trinajstić information content (AvgIpc) is 3.41. The van der Waals surface area contributed by atoms with Crippen molar-refractivity contribution in [2.45, 2.75) is 12.6 Å². The van der Waals surface area contributed by atoms with Crippen LogP contribution in [0.25, 0.3) is 5.76 Å². The number of ketones is 1. The van der Waals surface area contributed by atoms with Gasteiger partial charge in [0.2, 0.25) is 0 Å². The molecule has 0 radical (unpaired) electrons. The number of non-ortho nitro benzene ring substituents is 1. The molecule has 32 heavy (non-hydrogen) atoms. The third-order valence-electron chi connectivity index (χ3n) is 5.23. The van der Waals surface area contributed by atoms with Crippen LogP contribution in [0.2, 0.25) is 0 Å². The summed E-state index contributed by atoms with van der Waals surface area (Å²) in [4.78, 5) is 37.6. The number of benzene rings is 2. The molecule has 1 aromatic heterocycles. The van der Waals surface area contributed by atoms with E-state index in [1.165, 1.54) is 42.5 Å². The Bertz CT molecular complexity index is 1200. The number of carbonyl (C=O) groups is 2. The Labute approximate surface area is 182 Å². The second kappa shape index (κ2) is 8.38. The van der Waals surface area contributed by atoms with Gasteiger partial charge in [0.05, 0.1) is 36.5 Å². The van der Waals surface area contributed by atoms with Gasteiger partial charge in [-0.05, 0) is 54.1 Å². The summed E-state index contributed by atoms with van der Waals surface area (Å²) in [7, 11) is 1.50. The van der Waals surface area contributed by atoms with E-state index in [1.54, 1.807) is 36.4 Å². The number of nitrogens with zero attached hydrogens (tertiary/aromatic N) is 2. The molecular formula is C23H18N2O7. The number of carbonyl (C=O) groups excluding carboxylic acids is 2. The van der Waals surface area contributed by atoms with Crippen LogP contribution in [-0.2, 0) is 16.1 Å². The largest absolute Gasteiger partial charge is 0.507 e. The maximum absolute atomic E-state index is 13.0. The quantitative estimate of drug-likeness (QED) is 0.206. The van der Waals surface area contributed by atoms with E-state index in [4.69, 9.17) is 9.15 Å². The minimum atomic E-state index is -0.956. The van der Waals surface area contributed by atoms with Gasteiger partial charge in [-0.2, -0.15) is 0 Å². The normalized spacial score (nSPS) is 17.5. The molecule has 9 heteroatoms. The number of nitro benzene ring substituents is 1. The maximum Gasteiger partial charge on any atom is 0.296 e. The summed E-state index contributed by atoms with van der Waals surface area (Å²) in [6.45, 7) is -0.0153. The minimum absolute atomic E-state index is 0.0153. The highest BCUT2D eigenvalue weighted by atomic mass is 16.6. The molecule has 1 N–H and O–H groups in total. The standard InChI is InChI=1S/C23H18N2O7/c1-31-17-10-6-15(7-11-17)21(26)19-20(14-4-8-16(9-5-14)25(29)30)24(23(28)22(19)27)13-18-3-2-12-32-18/h2-12,20,26H,13H2,1H3/b21-19+/t20-/m0/s1. The maximum atomic E-state index is 13.0. The topological polar surface area (TPSA) is 123 Å². The summed E-state index contributed by atoms with van der Waals surface area (Å²) in [5.74, 6) is -1.00. The van der Waals surface area contributed by atoms with Crippen LogP contribution in [0.15, 0.2) is 76.9 Å². The van der Waals surface area contributed by atoms with E-state index in [0.717, 1.165) is 0 Å². The molecule has 1 fully saturated rings. The van der Waals surface area contributed by atoms with Crippen LogP contribution < -0.4 is 4.74 Å². The van der Waals surface area contributed by atoms with Crippen molar-refractivity contribution in [2.24, 2.45) is 0 Å². The highest BCUT2D eigenvalue weighted by Crippen LogP contribution is 2.40. The molecule has 0 aliphatic carbocycles. The Morgan fingerprint density at radius 1 is 1.12 bits per heavy atom. The van der Waals surface area contributed by atoms with Gasteiger partial charge in [0.1, 0.15) is 17.3 Å². The van der Waals surface area contributed by atoms with Gasteiger partial charge in [0.25, 0.3) is 17.4 Å². The molecule has 0 unspecified atom stereocenters. The summed E-state index contributed by atoms with van der Waals surface area (Å²) >= 11 is 0. The third-order valence-corrected chi connectivity index (χ3v) is 5.23. The fourth-order valence-electron chi connectivity index (χ4n) is 3.64. The number of amides is 1. The number of aliphatic hydroxyl groups is 1. The molecule has 1 aliphatic rings. The number of likely N-dealkylation sites (tertiary alicyclic amines) is 1. The van der Waals surface area contributed by atoms with Gasteiger partial charge < -0.3 is 19.2 Å². The van der Waals surface area contributed by atoms with Crippen molar-refractivity contribution in [3.8, 4) is 5.75 Å². The lowest BCUT2D eigenvalue weighted by atomic mass is 9.95. The Morgan fingerprint density at radius 2 is 1.81 bits per heavy atom. The molecule has 1 amide bonds.